The minimum Gasteiger partial charge on any atom is -0.374 e. The summed E-state index contributed by atoms with van der Waals surface area (Å²) < 4.78 is 40.4. The number of nitrogens with zero attached hydrogens (tertiary/aromatic N) is 2. The number of hydrogen-bond donors (Lipinski definition) is 2. The van der Waals surface area contributed by atoms with Gasteiger partial charge in [-0.05, 0) is 24.0 Å². The van der Waals surface area contributed by atoms with Crippen molar-refractivity contribution in [2.75, 3.05) is 11.5 Å². The van der Waals surface area contributed by atoms with Crippen LogP contribution < -0.4 is 5.73 Å². The van der Waals surface area contributed by atoms with Crippen LogP contribution >= 0.6 is 11.8 Å². The number of nitrogens with two attached hydrogens (primary N) is 1. The Kier molecular flexibility index (Phi) is 6.36. The highest BCUT2D eigenvalue weighted by Gasteiger charge is 2.56. The van der Waals surface area contributed by atoms with E-state index in [2.05, 4.69) is 9.97 Å². The summed E-state index contributed by atoms with van der Waals surface area (Å²) in [4.78, 5) is 18.0. The molecule has 136 valence electrons. The van der Waals surface area contributed by atoms with E-state index in [0.717, 1.165) is 0 Å². The fraction of sp³-hybridized carbons (Fsp3) is 0.438. The number of thioether (sulfide) groups is 1. The third kappa shape index (κ3) is 4.68. The van der Waals surface area contributed by atoms with Crippen LogP contribution in [0.15, 0.2) is 30.5 Å². The molecule has 9 heteroatoms. The molecule has 3 N–H and O–H groups in total. The molecule has 0 spiro atoms. The van der Waals surface area contributed by atoms with Crippen molar-refractivity contribution in [3.05, 3.63) is 36.3 Å². The van der Waals surface area contributed by atoms with Gasteiger partial charge in [-0.1, -0.05) is 18.2 Å². The van der Waals surface area contributed by atoms with E-state index in [-0.39, 0.29) is 5.75 Å². The number of carbonyl (C=O) groups excluding carboxylic acids is 1. The molecule has 0 aliphatic carbocycles. The van der Waals surface area contributed by atoms with Gasteiger partial charge in [0.15, 0.2) is 5.82 Å². The van der Waals surface area contributed by atoms with Crippen LogP contribution in [0.25, 0.3) is 10.9 Å². The molecule has 1 aromatic carbocycles. The van der Waals surface area contributed by atoms with Gasteiger partial charge in [-0.3, -0.25) is 0 Å². The second-order valence-corrected chi connectivity index (χ2v) is 6.79. The largest absolute Gasteiger partial charge is 0.424 e. The first-order valence-electron chi connectivity index (χ1n) is 7.58. The van der Waals surface area contributed by atoms with Crippen molar-refractivity contribution in [2.24, 2.45) is 5.73 Å². The van der Waals surface area contributed by atoms with Crippen molar-refractivity contribution >= 4 is 29.0 Å². The van der Waals surface area contributed by atoms with Gasteiger partial charge in [0.05, 0.1) is 11.6 Å². The average molecular weight is 373 g/mol. The lowest BCUT2D eigenvalue weighted by Crippen LogP contribution is -2.44. The van der Waals surface area contributed by atoms with Gasteiger partial charge in [-0.15, -0.1) is 0 Å². The van der Waals surface area contributed by atoms with Crippen molar-refractivity contribution in [1.82, 2.24) is 9.97 Å². The van der Waals surface area contributed by atoms with E-state index in [1.807, 2.05) is 0 Å². The number of aromatic nitrogens is 2. The zero-order valence-corrected chi connectivity index (χ0v) is 14.1. The van der Waals surface area contributed by atoms with Crippen molar-refractivity contribution in [2.45, 2.75) is 30.7 Å². The SMILES string of the molecule is NC(C=O)CCSCCC(O)(c1ncc2ccccc2n1)C(F)(F)F. The number of para-hydroxylation sites is 1. The Morgan fingerprint density at radius 3 is 2.68 bits per heavy atom. The number of fused-ring (bicyclic) bond motifs is 1. The Labute approximate surface area is 146 Å². The minimum absolute atomic E-state index is 0.0256. The van der Waals surface area contributed by atoms with Gasteiger partial charge in [0.25, 0.3) is 0 Å². The number of aldehydes is 1. The molecule has 2 aromatic rings. The van der Waals surface area contributed by atoms with E-state index < -0.39 is 30.1 Å². The van der Waals surface area contributed by atoms with Crippen LogP contribution in [0.5, 0.6) is 0 Å². The monoisotopic (exact) mass is 373 g/mol. The second kappa shape index (κ2) is 8.11. The Hall–Kier alpha value is -1.71. The quantitative estimate of drug-likeness (QED) is 0.546. The molecule has 0 fully saturated rings. The molecule has 1 aromatic heterocycles. The molecular formula is C16H18F3N3O2S. The zero-order chi connectivity index (χ0) is 18.5. The topological polar surface area (TPSA) is 89.1 Å². The number of alkyl halides is 3. The summed E-state index contributed by atoms with van der Waals surface area (Å²) in [5, 5.41) is 10.9. The smallest absolute Gasteiger partial charge is 0.374 e. The molecule has 0 radical (unpaired) electrons. The summed E-state index contributed by atoms with van der Waals surface area (Å²) >= 11 is 1.18. The fourth-order valence-corrected chi connectivity index (χ4v) is 3.24. The van der Waals surface area contributed by atoms with Crippen LogP contribution in [0.3, 0.4) is 0 Å². The van der Waals surface area contributed by atoms with Crippen LogP contribution in [0.4, 0.5) is 13.2 Å². The number of aliphatic hydroxyl groups is 1. The maximum Gasteiger partial charge on any atom is 0.424 e. The van der Waals surface area contributed by atoms with Crippen LogP contribution in [0.2, 0.25) is 0 Å². The summed E-state index contributed by atoms with van der Waals surface area (Å²) in [7, 11) is 0. The molecule has 2 rings (SSSR count). The first kappa shape index (κ1) is 19.6. The van der Waals surface area contributed by atoms with Gasteiger partial charge in [-0.25, -0.2) is 9.97 Å². The van der Waals surface area contributed by atoms with Crippen LogP contribution in [-0.2, 0) is 10.4 Å². The van der Waals surface area contributed by atoms with E-state index >= 15 is 0 Å². The van der Waals surface area contributed by atoms with Gasteiger partial charge >= 0.3 is 6.18 Å². The van der Waals surface area contributed by atoms with E-state index in [9.17, 15) is 23.1 Å². The van der Waals surface area contributed by atoms with Crippen LogP contribution in [0.1, 0.15) is 18.7 Å². The summed E-state index contributed by atoms with van der Waals surface area (Å²) in [6.45, 7) is 0. The average Bonchev–Trinajstić information content (AvgIpc) is 2.59. The van der Waals surface area contributed by atoms with Crippen molar-refractivity contribution in [3.8, 4) is 0 Å². The standard InChI is InChI=1S/C16H18F3N3O2S/c17-16(18,19)15(24,6-8-25-7-5-12(20)10-23)14-21-9-11-3-1-2-4-13(11)22-14/h1-4,9-10,12,24H,5-8,20H2. The minimum atomic E-state index is -4.91. The van der Waals surface area contributed by atoms with Gasteiger partial charge in [0.1, 0.15) is 6.29 Å². The second-order valence-electron chi connectivity index (χ2n) is 5.56. The molecular weight excluding hydrogens is 355 g/mol. The molecule has 2 atom stereocenters. The Morgan fingerprint density at radius 1 is 1.28 bits per heavy atom. The number of benzene rings is 1. The highest BCUT2D eigenvalue weighted by molar-refractivity contribution is 7.99. The summed E-state index contributed by atoms with van der Waals surface area (Å²) in [5.74, 6) is -0.214. The van der Waals surface area contributed by atoms with E-state index in [4.69, 9.17) is 5.73 Å². The van der Waals surface area contributed by atoms with E-state index in [1.165, 1.54) is 18.0 Å². The number of rotatable bonds is 8. The third-order valence-corrected chi connectivity index (χ3v) is 4.72. The molecule has 2 unspecified atom stereocenters. The summed E-state index contributed by atoms with van der Waals surface area (Å²) in [6.07, 6.45) is -3.27. The predicted octanol–water partition coefficient (Wildman–Crippen LogP) is 2.42. The highest BCUT2D eigenvalue weighted by atomic mass is 32.2. The predicted molar refractivity (Wildman–Crippen MR) is 90.1 cm³/mol. The first-order chi connectivity index (χ1) is 11.8. The van der Waals surface area contributed by atoms with Crippen molar-refractivity contribution in [1.29, 1.82) is 0 Å². The highest BCUT2D eigenvalue weighted by Crippen LogP contribution is 2.41. The maximum atomic E-state index is 13.5. The summed E-state index contributed by atoms with van der Waals surface area (Å²) in [5.41, 5.74) is 2.63. The molecule has 25 heavy (non-hydrogen) atoms. The fourth-order valence-electron chi connectivity index (χ4n) is 2.16. The number of carbonyl (C=O) groups is 1. The summed E-state index contributed by atoms with van der Waals surface area (Å²) in [6, 6.07) is 5.99. The van der Waals surface area contributed by atoms with Crippen LogP contribution in [0, 0.1) is 0 Å². The Bertz CT molecular complexity index is 729. The van der Waals surface area contributed by atoms with Gasteiger partial charge < -0.3 is 15.6 Å². The first-order valence-corrected chi connectivity index (χ1v) is 8.73. The zero-order valence-electron chi connectivity index (χ0n) is 13.2. The van der Waals surface area contributed by atoms with Crippen molar-refractivity contribution < 1.29 is 23.1 Å². The van der Waals surface area contributed by atoms with Crippen molar-refractivity contribution in [3.63, 3.8) is 0 Å². The number of hydrogen-bond acceptors (Lipinski definition) is 6. The lowest BCUT2D eigenvalue weighted by Gasteiger charge is -2.29. The number of halogens is 3. The normalized spacial score (nSPS) is 15.7. The Morgan fingerprint density at radius 2 is 2.00 bits per heavy atom. The lowest BCUT2D eigenvalue weighted by molar-refractivity contribution is -0.270. The van der Waals surface area contributed by atoms with Gasteiger partial charge in [-0.2, -0.15) is 24.9 Å². The molecule has 0 aliphatic rings. The van der Waals surface area contributed by atoms with Gasteiger partial charge in [0.2, 0.25) is 5.60 Å². The van der Waals surface area contributed by atoms with E-state index in [1.54, 1.807) is 24.3 Å². The molecule has 1 heterocycles. The Balaban J connectivity index is 2.14. The molecule has 0 saturated carbocycles. The molecule has 0 aliphatic heterocycles. The van der Waals surface area contributed by atoms with E-state index in [0.29, 0.717) is 29.4 Å². The molecule has 0 amide bonds. The van der Waals surface area contributed by atoms with Crippen LogP contribution in [-0.4, -0.2) is 45.1 Å². The maximum absolute atomic E-state index is 13.5. The molecule has 0 bridgehead atoms. The van der Waals surface area contributed by atoms with Gasteiger partial charge in [0, 0.05) is 18.0 Å². The lowest BCUT2D eigenvalue weighted by atomic mass is 9.98. The third-order valence-electron chi connectivity index (χ3n) is 3.71. The molecule has 0 saturated heterocycles. The molecule has 5 nitrogen and oxygen atoms in total.